The van der Waals surface area contributed by atoms with Crippen molar-refractivity contribution in [3.63, 3.8) is 0 Å². The molecule has 0 fully saturated rings. The van der Waals surface area contributed by atoms with Gasteiger partial charge in [-0.05, 0) is 23.3 Å². The largest absolute Gasteiger partial charge is 0.489 e. The minimum atomic E-state index is -0.409. The fourth-order valence-corrected chi connectivity index (χ4v) is 1.91. The van der Waals surface area contributed by atoms with Crippen LogP contribution in [0.3, 0.4) is 0 Å². The molecule has 0 bridgehead atoms. The van der Waals surface area contributed by atoms with Crippen LogP contribution in [0.4, 0.5) is 0 Å². The lowest BCUT2D eigenvalue weighted by atomic mass is 10.0. The number of carbonyl (C=O) groups excluding carboxylic acids is 1. The number of benzene rings is 2. The Balaban J connectivity index is 2.01. The number of amides is 1. The molecule has 2 aromatic rings. The van der Waals surface area contributed by atoms with Gasteiger partial charge in [0.25, 0.3) is 0 Å². The van der Waals surface area contributed by atoms with E-state index in [1.165, 1.54) is 0 Å². The molecule has 4 N–H and O–H groups in total. The Kier molecular flexibility index (Phi) is 4.74. The van der Waals surface area contributed by atoms with E-state index in [1.807, 2.05) is 54.6 Å². The van der Waals surface area contributed by atoms with E-state index in [1.54, 1.807) is 0 Å². The number of carbonyl (C=O) groups is 1. The van der Waals surface area contributed by atoms with Gasteiger partial charge in [-0.15, -0.1) is 0 Å². The van der Waals surface area contributed by atoms with Crippen LogP contribution in [0.1, 0.15) is 23.6 Å². The maximum atomic E-state index is 10.9. The van der Waals surface area contributed by atoms with Crippen molar-refractivity contribution in [3.8, 4) is 5.75 Å². The summed E-state index contributed by atoms with van der Waals surface area (Å²) in [4.78, 5) is 10.9. The zero-order chi connectivity index (χ0) is 14.4. The number of primary amides is 1. The van der Waals surface area contributed by atoms with Crippen molar-refractivity contribution in [2.75, 3.05) is 0 Å². The van der Waals surface area contributed by atoms with E-state index in [2.05, 4.69) is 0 Å². The summed E-state index contributed by atoms with van der Waals surface area (Å²) in [6.07, 6.45) is 0.127. The van der Waals surface area contributed by atoms with Crippen LogP contribution in [0, 0.1) is 0 Å². The fraction of sp³-hybridized carbons (Fsp3) is 0.188. The van der Waals surface area contributed by atoms with Gasteiger partial charge in [0.05, 0.1) is 0 Å². The third-order valence-electron chi connectivity index (χ3n) is 2.96. The van der Waals surface area contributed by atoms with Gasteiger partial charge in [-0.1, -0.05) is 42.5 Å². The SMILES string of the molecule is NC(=O)C[C@@H](N)c1cccc(OCc2ccccc2)c1. The normalized spacial score (nSPS) is 11.8. The van der Waals surface area contributed by atoms with Gasteiger partial charge < -0.3 is 16.2 Å². The van der Waals surface area contributed by atoms with Crippen LogP contribution in [-0.2, 0) is 11.4 Å². The average molecular weight is 270 g/mol. The molecule has 0 aliphatic heterocycles. The van der Waals surface area contributed by atoms with Crippen LogP contribution in [0.15, 0.2) is 54.6 Å². The van der Waals surface area contributed by atoms with Crippen molar-refractivity contribution < 1.29 is 9.53 Å². The molecule has 0 aromatic heterocycles. The molecule has 2 aromatic carbocycles. The number of nitrogens with two attached hydrogens (primary N) is 2. The van der Waals surface area contributed by atoms with E-state index in [0.717, 1.165) is 16.9 Å². The minimum absolute atomic E-state index is 0.127. The predicted octanol–water partition coefficient (Wildman–Crippen LogP) is 2.14. The number of ether oxygens (including phenoxy) is 1. The summed E-state index contributed by atoms with van der Waals surface area (Å²) in [6.45, 7) is 0.495. The summed E-state index contributed by atoms with van der Waals surface area (Å²) in [5.74, 6) is 0.319. The molecule has 1 atom stereocenters. The van der Waals surface area contributed by atoms with Crippen molar-refractivity contribution >= 4 is 5.91 Å². The summed E-state index contributed by atoms with van der Waals surface area (Å²) in [7, 11) is 0. The molecule has 0 saturated carbocycles. The molecule has 4 heteroatoms. The molecule has 0 spiro atoms. The van der Waals surface area contributed by atoms with Gasteiger partial charge >= 0.3 is 0 Å². The van der Waals surface area contributed by atoms with Crippen LogP contribution < -0.4 is 16.2 Å². The van der Waals surface area contributed by atoms with Gasteiger partial charge in [0.15, 0.2) is 0 Å². The zero-order valence-corrected chi connectivity index (χ0v) is 11.2. The van der Waals surface area contributed by atoms with E-state index in [-0.39, 0.29) is 6.42 Å². The lowest BCUT2D eigenvalue weighted by molar-refractivity contribution is -0.118. The Labute approximate surface area is 118 Å². The van der Waals surface area contributed by atoms with Crippen LogP contribution in [0.2, 0.25) is 0 Å². The molecule has 0 unspecified atom stereocenters. The zero-order valence-electron chi connectivity index (χ0n) is 11.2. The van der Waals surface area contributed by atoms with E-state index < -0.39 is 11.9 Å². The first kappa shape index (κ1) is 14.1. The van der Waals surface area contributed by atoms with Gasteiger partial charge in [0.2, 0.25) is 5.91 Å². The van der Waals surface area contributed by atoms with Gasteiger partial charge in [-0.3, -0.25) is 4.79 Å². The molecule has 0 radical (unpaired) electrons. The monoisotopic (exact) mass is 270 g/mol. The van der Waals surface area contributed by atoms with Gasteiger partial charge in [0, 0.05) is 12.5 Å². The van der Waals surface area contributed by atoms with E-state index in [9.17, 15) is 4.79 Å². The highest BCUT2D eigenvalue weighted by atomic mass is 16.5. The maximum Gasteiger partial charge on any atom is 0.219 e. The smallest absolute Gasteiger partial charge is 0.219 e. The minimum Gasteiger partial charge on any atom is -0.489 e. The van der Waals surface area contributed by atoms with E-state index in [0.29, 0.717) is 6.61 Å². The first-order valence-corrected chi connectivity index (χ1v) is 6.46. The molecule has 0 saturated heterocycles. The first-order valence-electron chi connectivity index (χ1n) is 6.46. The third-order valence-corrected chi connectivity index (χ3v) is 2.96. The molecule has 1 amide bonds. The molecule has 0 aliphatic rings. The van der Waals surface area contributed by atoms with Crippen LogP contribution >= 0.6 is 0 Å². The van der Waals surface area contributed by atoms with Crippen LogP contribution in [0.5, 0.6) is 5.75 Å². The van der Waals surface area contributed by atoms with Gasteiger partial charge in [-0.2, -0.15) is 0 Å². The highest BCUT2D eigenvalue weighted by Gasteiger charge is 2.10. The Morgan fingerprint density at radius 2 is 1.85 bits per heavy atom. The molecule has 0 aliphatic carbocycles. The summed E-state index contributed by atoms with van der Waals surface area (Å²) in [5.41, 5.74) is 13.0. The summed E-state index contributed by atoms with van der Waals surface area (Å²) in [6, 6.07) is 16.9. The lowest BCUT2D eigenvalue weighted by Crippen LogP contribution is -2.20. The molecule has 2 rings (SSSR count). The molecule has 4 nitrogen and oxygen atoms in total. The topological polar surface area (TPSA) is 78.3 Å². The van der Waals surface area contributed by atoms with Crippen molar-refractivity contribution in [1.29, 1.82) is 0 Å². The second kappa shape index (κ2) is 6.73. The summed E-state index contributed by atoms with van der Waals surface area (Å²) >= 11 is 0. The second-order valence-electron chi connectivity index (χ2n) is 4.62. The lowest BCUT2D eigenvalue weighted by Gasteiger charge is -2.12. The molecule has 104 valence electrons. The standard InChI is InChI=1S/C16H18N2O2/c17-15(10-16(18)19)13-7-4-8-14(9-13)20-11-12-5-2-1-3-6-12/h1-9,15H,10-11,17H2,(H2,18,19)/t15-/m1/s1. The highest BCUT2D eigenvalue weighted by molar-refractivity contribution is 5.74. The Morgan fingerprint density at radius 1 is 1.10 bits per heavy atom. The van der Waals surface area contributed by atoms with Crippen molar-refractivity contribution in [1.82, 2.24) is 0 Å². The first-order chi connectivity index (χ1) is 9.65. The van der Waals surface area contributed by atoms with Crippen molar-refractivity contribution in [2.45, 2.75) is 19.1 Å². The molecular weight excluding hydrogens is 252 g/mol. The number of rotatable bonds is 6. The Hall–Kier alpha value is -2.33. The quantitative estimate of drug-likeness (QED) is 0.844. The molecule has 0 heterocycles. The van der Waals surface area contributed by atoms with Crippen LogP contribution in [0.25, 0.3) is 0 Å². The van der Waals surface area contributed by atoms with E-state index >= 15 is 0 Å². The third kappa shape index (κ3) is 4.10. The number of hydrogen-bond acceptors (Lipinski definition) is 3. The van der Waals surface area contributed by atoms with E-state index in [4.69, 9.17) is 16.2 Å². The Morgan fingerprint density at radius 3 is 2.55 bits per heavy atom. The van der Waals surface area contributed by atoms with Crippen molar-refractivity contribution in [3.05, 3.63) is 65.7 Å². The van der Waals surface area contributed by atoms with Gasteiger partial charge in [0.1, 0.15) is 12.4 Å². The summed E-state index contributed by atoms with van der Waals surface area (Å²) in [5, 5.41) is 0. The van der Waals surface area contributed by atoms with Crippen LogP contribution in [-0.4, -0.2) is 5.91 Å². The number of hydrogen-bond donors (Lipinski definition) is 2. The van der Waals surface area contributed by atoms with Gasteiger partial charge in [-0.25, -0.2) is 0 Å². The molecular formula is C16H18N2O2. The maximum absolute atomic E-state index is 10.9. The Bertz CT molecular complexity index is 570. The fourth-order valence-electron chi connectivity index (χ4n) is 1.91. The highest BCUT2D eigenvalue weighted by Crippen LogP contribution is 2.20. The predicted molar refractivity (Wildman–Crippen MR) is 78.0 cm³/mol. The summed E-state index contributed by atoms with van der Waals surface area (Å²) < 4.78 is 5.72. The average Bonchev–Trinajstić information content (AvgIpc) is 2.46. The molecule has 20 heavy (non-hydrogen) atoms. The van der Waals surface area contributed by atoms with Crippen molar-refractivity contribution in [2.24, 2.45) is 11.5 Å². The second-order valence-corrected chi connectivity index (χ2v) is 4.62.